The van der Waals surface area contributed by atoms with E-state index in [-0.39, 0.29) is 11.0 Å². The summed E-state index contributed by atoms with van der Waals surface area (Å²) in [6.45, 7) is 0. The van der Waals surface area contributed by atoms with Crippen LogP contribution in [0.3, 0.4) is 0 Å². The topological polar surface area (TPSA) is 43.6 Å². The van der Waals surface area contributed by atoms with Crippen LogP contribution in [0.5, 0.6) is 0 Å². The molecule has 0 amide bonds. The van der Waals surface area contributed by atoms with Crippen LogP contribution in [0.25, 0.3) is 5.82 Å². The van der Waals surface area contributed by atoms with E-state index in [9.17, 15) is 4.39 Å². The van der Waals surface area contributed by atoms with Gasteiger partial charge in [0.1, 0.15) is 6.33 Å². The molecule has 6 heteroatoms. The maximum Gasteiger partial charge on any atom is 0.205 e. The van der Waals surface area contributed by atoms with Gasteiger partial charge in [-0.25, -0.2) is 14.6 Å². The summed E-state index contributed by atoms with van der Waals surface area (Å²) in [6.07, 6.45) is 4.28. The maximum atomic E-state index is 13.2. The van der Waals surface area contributed by atoms with Crippen LogP contribution in [0, 0.1) is 5.82 Å². The largest absolute Gasteiger partial charge is 0.221 e. The Morgan fingerprint density at radius 3 is 2.92 bits per heavy atom. The summed E-state index contributed by atoms with van der Waals surface area (Å²) in [5, 5.41) is 3.61. The minimum absolute atomic E-state index is 0.0463. The molecule has 0 aromatic carbocycles. The summed E-state index contributed by atoms with van der Waals surface area (Å²) in [6, 6.07) is 1.66. The molecule has 0 aliphatic heterocycles. The Morgan fingerprint density at radius 2 is 2.23 bits per heavy atom. The Morgan fingerprint density at radius 1 is 1.38 bits per heavy atom. The molecule has 0 saturated heterocycles. The normalized spacial score (nSPS) is 10.3. The van der Waals surface area contributed by atoms with Crippen LogP contribution in [0.2, 0.25) is 5.15 Å². The molecule has 2 aromatic rings. The van der Waals surface area contributed by atoms with Crippen LogP contribution in [0.15, 0.2) is 24.8 Å². The first-order chi connectivity index (χ1) is 6.29. The molecule has 66 valence electrons. The number of hydrogen-bond donors (Lipinski definition) is 0. The molecular formula is C7H4ClFN4. The highest BCUT2D eigenvalue weighted by molar-refractivity contribution is 6.29. The predicted octanol–water partition coefficient (Wildman–Crippen LogP) is 1.45. The van der Waals surface area contributed by atoms with Gasteiger partial charge in [0.05, 0.1) is 0 Å². The molecule has 2 rings (SSSR count). The van der Waals surface area contributed by atoms with Crippen LogP contribution in [-0.2, 0) is 0 Å². The molecule has 0 atom stereocenters. The molecule has 0 unspecified atom stereocenters. The van der Waals surface area contributed by atoms with Crippen molar-refractivity contribution in [3.8, 4) is 5.82 Å². The SMILES string of the molecule is Fc1c(Cl)ncnc1-n1cccn1. The highest BCUT2D eigenvalue weighted by Crippen LogP contribution is 2.15. The van der Waals surface area contributed by atoms with Gasteiger partial charge in [-0.2, -0.15) is 9.49 Å². The van der Waals surface area contributed by atoms with Crippen LogP contribution in [0.1, 0.15) is 0 Å². The van der Waals surface area contributed by atoms with E-state index < -0.39 is 5.82 Å². The number of rotatable bonds is 1. The third-order valence-electron chi connectivity index (χ3n) is 1.45. The molecular weight excluding hydrogens is 195 g/mol. The van der Waals surface area contributed by atoms with Crippen LogP contribution >= 0.6 is 11.6 Å². The lowest BCUT2D eigenvalue weighted by Gasteiger charge is -2.00. The number of nitrogens with zero attached hydrogens (tertiary/aromatic N) is 4. The fourth-order valence-electron chi connectivity index (χ4n) is 0.894. The average Bonchev–Trinajstić information content (AvgIpc) is 2.62. The van der Waals surface area contributed by atoms with Gasteiger partial charge in [-0.15, -0.1) is 0 Å². The first-order valence-corrected chi connectivity index (χ1v) is 3.83. The van der Waals surface area contributed by atoms with Crippen molar-refractivity contribution in [2.24, 2.45) is 0 Å². The van der Waals surface area contributed by atoms with Crippen LogP contribution < -0.4 is 0 Å². The quantitative estimate of drug-likeness (QED) is 0.652. The number of aromatic nitrogens is 4. The fraction of sp³-hybridized carbons (Fsp3) is 0. The molecule has 2 heterocycles. The van der Waals surface area contributed by atoms with Crippen LogP contribution in [0.4, 0.5) is 4.39 Å². The molecule has 0 radical (unpaired) electrons. The monoisotopic (exact) mass is 198 g/mol. The van der Waals surface area contributed by atoms with Gasteiger partial charge in [0.2, 0.25) is 5.82 Å². The van der Waals surface area contributed by atoms with Crippen molar-refractivity contribution in [1.29, 1.82) is 0 Å². The first kappa shape index (κ1) is 8.12. The Hall–Kier alpha value is -1.49. The third kappa shape index (κ3) is 1.38. The molecule has 0 aliphatic rings. The third-order valence-corrected chi connectivity index (χ3v) is 1.71. The van der Waals surface area contributed by atoms with Gasteiger partial charge in [-0.1, -0.05) is 11.6 Å². The zero-order valence-corrected chi connectivity index (χ0v) is 7.11. The van der Waals surface area contributed by atoms with Gasteiger partial charge in [0, 0.05) is 12.4 Å². The van der Waals surface area contributed by atoms with Gasteiger partial charge in [0.15, 0.2) is 11.0 Å². The van der Waals surface area contributed by atoms with Crippen molar-refractivity contribution in [2.45, 2.75) is 0 Å². The number of hydrogen-bond acceptors (Lipinski definition) is 3. The van der Waals surface area contributed by atoms with E-state index in [2.05, 4.69) is 15.1 Å². The van der Waals surface area contributed by atoms with Gasteiger partial charge in [-0.05, 0) is 6.07 Å². The van der Waals surface area contributed by atoms with Gasteiger partial charge < -0.3 is 0 Å². The van der Waals surface area contributed by atoms with E-state index in [1.165, 1.54) is 17.2 Å². The second-order valence-electron chi connectivity index (χ2n) is 2.25. The summed E-state index contributed by atoms with van der Waals surface area (Å²) in [5.41, 5.74) is 0. The Kier molecular flexibility index (Phi) is 1.94. The van der Waals surface area contributed by atoms with Crippen molar-refractivity contribution in [3.63, 3.8) is 0 Å². The highest BCUT2D eigenvalue weighted by Gasteiger charge is 2.10. The molecule has 0 saturated carbocycles. The van der Waals surface area contributed by atoms with E-state index in [0.29, 0.717) is 0 Å². The summed E-state index contributed by atoms with van der Waals surface area (Å²) in [5.74, 6) is -0.627. The Bertz CT molecular complexity index is 414. The van der Waals surface area contributed by atoms with Crippen LogP contribution in [-0.4, -0.2) is 19.7 Å². The lowest BCUT2D eigenvalue weighted by atomic mass is 10.5. The molecule has 0 fully saturated rings. The maximum absolute atomic E-state index is 13.2. The zero-order valence-electron chi connectivity index (χ0n) is 6.35. The summed E-state index contributed by atoms with van der Waals surface area (Å²) in [7, 11) is 0. The average molecular weight is 199 g/mol. The molecule has 13 heavy (non-hydrogen) atoms. The summed E-state index contributed by atoms with van der Waals surface area (Å²) >= 11 is 5.46. The van der Waals surface area contributed by atoms with Gasteiger partial charge >= 0.3 is 0 Å². The summed E-state index contributed by atoms with van der Waals surface area (Å²) < 4.78 is 14.5. The highest BCUT2D eigenvalue weighted by atomic mass is 35.5. The molecule has 0 spiro atoms. The van der Waals surface area contributed by atoms with Crippen molar-refractivity contribution >= 4 is 11.6 Å². The molecule has 4 nitrogen and oxygen atoms in total. The number of halogens is 2. The minimum Gasteiger partial charge on any atom is -0.221 e. The smallest absolute Gasteiger partial charge is 0.205 e. The lowest BCUT2D eigenvalue weighted by molar-refractivity contribution is 0.593. The van der Waals surface area contributed by atoms with Crippen molar-refractivity contribution < 1.29 is 4.39 Å². The van der Waals surface area contributed by atoms with Crippen molar-refractivity contribution in [2.75, 3.05) is 0 Å². The fourth-order valence-corrected chi connectivity index (χ4v) is 1.02. The first-order valence-electron chi connectivity index (χ1n) is 3.45. The van der Waals surface area contributed by atoms with Crippen molar-refractivity contribution in [3.05, 3.63) is 35.8 Å². The second-order valence-corrected chi connectivity index (χ2v) is 2.61. The molecule has 2 aromatic heterocycles. The van der Waals surface area contributed by atoms with E-state index in [4.69, 9.17) is 11.6 Å². The van der Waals surface area contributed by atoms with Gasteiger partial charge in [-0.3, -0.25) is 0 Å². The zero-order chi connectivity index (χ0) is 9.26. The van der Waals surface area contributed by atoms with E-state index in [0.717, 1.165) is 0 Å². The van der Waals surface area contributed by atoms with Crippen molar-refractivity contribution in [1.82, 2.24) is 19.7 Å². The molecule has 0 bridgehead atoms. The molecule has 0 aliphatic carbocycles. The standard InChI is InChI=1S/C7H4ClFN4/c8-6-5(9)7(11-4-10-6)13-3-1-2-12-13/h1-4H. The Balaban J connectivity index is 2.59. The Labute approximate surface area is 78.0 Å². The lowest BCUT2D eigenvalue weighted by Crippen LogP contribution is -2.02. The molecule has 0 N–H and O–H groups in total. The minimum atomic E-state index is -0.673. The summed E-state index contributed by atoms with van der Waals surface area (Å²) in [4.78, 5) is 7.20. The van der Waals surface area contributed by atoms with E-state index >= 15 is 0 Å². The predicted molar refractivity (Wildman–Crippen MR) is 44.1 cm³/mol. The van der Waals surface area contributed by atoms with E-state index in [1.807, 2.05) is 0 Å². The second kappa shape index (κ2) is 3.10. The van der Waals surface area contributed by atoms with E-state index in [1.54, 1.807) is 12.3 Å². The van der Waals surface area contributed by atoms with Gasteiger partial charge in [0.25, 0.3) is 0 Å².